The van der Waals surface area contributed by atoms with Gasteiger partial charge >= 0.3 is 0 Å². The number of hydrogen-bond acceptors (Lipinski definition) is 3. The van der Waals surface area contributed by atoms with Crippen molar-refractivity contribution in [2.75, 3.05) is 0 Å². The Labute approximate surface area is 342 Å². The van der Waals surface area contributed by atoms with Crippen LogP contribution in [0.3, 0.4) is 0 Å². The molecular weight excluding hydrogens is 715 g/mol. The van der Waals surface area contributed by atoms with Crippen molar-refractivity contribution in [3.63, 3.8) is 0 Å². The van der Waals surface area contributed by atoms with Gasteiger partial charge in [0.05, 0.1) is 16.8 Å². The van der Waals surface area contributed by atoms with Crippen molar-refractivity contribution < 1.29 is 0 Å². The van der Waals surface area contributed by atoms with E-state index in [9.17, 15) is 0 Å². The number of hydrogen-bond donors (Lipinski definition) is 0. The Morgan fingerprint density at radius 3 is 1.75 bits per heavy atom. The molecule has 2 aliphatic carbocycles. The van der Waals surface area contributed by atoms with Crippen LogP contribution in [0.4, 0.5) is 0 Å². The normalized spacial score (nSPS) is 14.8. The summed E-state index contributed by atoms with van der Waals surface area (Å²) in [6, 6.07) is 68.1. The minimum Gasteiger partial charge on any atom is -0.264 e. The molecule has 0 saturated carbocycles. The molecule has 3 nitrogen and oxygen atoms in total. The van der Waals surface area contributed by atoms with Crippen molar-refractivity contribution in [3.8, 4) is 56.2 Å². The molecule has 1 spiro atoms. The quantitative estimate of drug-likeness (QED) is 0.168. The Morgan fingerprint density at radius 2 is 0.966 bits per heavy atom. The number of benzene rings is 8. The molecule has 8 aromatic carbocycles. The van der Waals surface area contributed by atoms with E-state index in [4.69, 9.17) is 9.97 Å². The SMILES string of the molecule is C1=Cc2ccc(-c3cc(-c4ccccc4)nc(-c4ccc(-c5cccnc5)cc4)n3)cc2C2(c3ccccc31)c1ccccc1-c1c2c2ccccc2c2ccccc12. The molecule has 2 aliphatic rings. The van der Waals surface area contributed by atoms with Gasteiger partial charge < -0.3 is 0 Å². The van der Waals surface area contributed by atoms with Gasteiger partial charge in [-0.25, -0.2) is 9.97 Å². The summed E-state index contributed by atoms with van der Waals surface area (Å²) in [5.41, 5.74) is 16.5. The second kappa shape index (κ2) is 13.2. The zero-order valence-corrected chi connectivity index (χ0v) is 32.0. The van der Waals surface area contributed by atoms with E-state index < -0.39 is 5.41 Å². The van der Waals surface area contributed by atoms with Crippen LogP contribution in [0.2, 0.25) is 0 Å². The van der Waals surface area contributed by atoms with Crippen LogP contribution < -0.4 is 0 Å². The molecule has 0 bridgehead atoms. The van der Waals surface area contributed by atoms with Gasteiger partial charge in [0, 0.05) is 29.1 Å². The second-order valence-corrected chi connectivity index (χ2v) is 15.5. The van der Waals surface area contributed by atoms with Crippen molar-refractivity contribution in [1.82, 2.24) is 15.0 Å². The molecule has 2 aromatic heterocycles. The summed E-state index contributed by atoms with van der Waals surface area (Å²) in [6.07, 6.45) is 8.31. The average Bonchev–Trinajstić information content (AvgIpc) is 3.55. The van der Waals surface area contributed by atoms with Gasteiger partial charge in [-0.05, 0) is 95.4 Å². The van der Waals surface area contributed by atoms with Gasteiger partial charge in [-0.2, -0.15) is 0 Å². The van der Waals surface area contributed by atoms with E-state index in [0.717, 1.165) is 39.2 Å². The molecule has 59 heavy (non-hydrogen) atoms. The maximum Gasteiger partial charge on any atom is 0.160 e. The Bertz CT molecular complexity index is 3310. The summed E-state index contributed by atoms with van der Waals surface area (Å²) >= 11 is 0. The maximum atomic E-state index is 5.37. The number of nitrogens with zero attached hydrogens (tertiary/aromatic N) is 3. The number of rotatable bonds is 4. The number of pyridine rings is 1. The molecule has 0 aliphatic heterocycles. The highest BCUT2D eigenvalue weighted by Gasteiger charge is 2.50. The lowest BCUT2D eigenvalue weighted by atomic mass is 9.64. The fourth-order valence-corrected chi connectivity index (χ4v) is 9.85. The molecule has 12 rings (SSSR count). The van der Waals surface area contributed by atoms with Gasteiger partial charge in [-0.1, -0.05) is 182 Å². The lowest BCUT2D eigenvalue weighted by Gasteiger charge is -2.36. The van der Waals surface area contributed by atoms with Crippen LogP contribution >= 0.6 is 0 Å². The van der Waals surface area contributed by atoms with Gasteiger partial charge in [0.2, 0.25) is 0 Å². The van der Waals surface area contributed by atoms with Crippen molar-refractivity contribution in [1.29, 1.82) is 0 Å². The van der Waals surface area contributed by atoms with Crippen LogP contribution in [0.5, 0.6) is 0 Å². The molecule has 2 heterocycles. The van der Waals surface area contributed by atoms with Gasteiger partial charge in [0.1, 0.15) is 0 Å². The Morgan fingerprint density at radius 1 is 0.373 bits per heavy atom. The molecule has 0 fully saturated rings. The number of aromatic nitrogens is 3. The Kier molecular flexibility index (Phi) is 7.45. The van der Waals surface area contributed by atoms with E-state index in [2.05, 4.69) is 193 Å². The maximum absolute atomic E-state index is 5.37. The summed E-state index contributed by atoms with van der Waals surface area (Å²) in [5.74, 6) is 0.683. The molecule has 0 N–H and O–H groups in total. The predicted octanol–water partition coefficient (Wildman–Crippen LogP) is 13.7. The first-order valence-electron chi connectivity index (χ1n) is 20.2. The molecule has 0 saturated heterocycles. The predicted molar refractivity (Wildman–Crippen MR) is 243 cm³/mol. The number of fused-ring (bicyclic) bond motifs is 14. The fraction of sp³-hybridized carbons (Fsp3) is 0.0179. The molecule has 0 amide bonds. The van der Waals surface area contributed by atoms with Gasteiger partial charge in [0.25, 0.3) is 0 Å². The topological polar surface area (TPSA) is 38.7 Å². The molecular formula is C56H35N3. The smallest absolute Gasteiger partial charge is 0.160 e. The van der Waals surface area contributed by atoms with Gasteiger partial charge in [-0.3, -0.25) is 4.98 Å². The molecule has 10 aromatic rings. The molecule has 0 radical (unpaired) electrons. The van der Waals surface area contributed by atoms with Crippen LogP contribution in [-0.2, 0) is 5.41 Å². The van der Waals surface area contributed by atoms with Crippen LogP contribution in [0.15, 0.2) is 200 Å². The third-order valence-corrected chi connectivity index (χ3v) is 12.4. The summed E-state index contributed by atoms with van der Waals surface area (Å²) < 4.78 is 0. The van der Waals surface area contributed by atoms with E-state index in [-0.39, 0.29) is 0 Å². The lowest BCUT2D eigenvalue weighted by molar-refractivity contribution is 0.774. The van der Waals surface area contributed by atoms with Gasteiger partial charge in [-0.15, -0.1) is 0 Å². The van der Waals surface area contributed by atoms with Crippen molar-refractivity contribution in [2.24, 2.45) is 0 Å². The highest BCUT2D eigenvalue weighted by molar-refractivity contribution is 6.19. The molecule has 1 atom stereocenters. The molecule has 1 unspecified atom stereocenters. The van der Waals surface area contributed by atoms with Crippen molar-refractivity contribution in [3.05, 3.63) is 234 Å². The van der Waals surface area contributed by atoms with E-state index in [1.54, 1.807) is 6.20 Å². The zero-order valence-electron chi connectivity index (χ0n) is 32.0. The van der Waals surface area contributed by atoms with E-state index >= 15 is 0 Å². The summed E-state index contributed by atoms with van der Waals surface area (Å²) in [6.45, 7) is 0. The molecule has 274 valence electrons. The minimum atomic E-state index is -0.624. The summed E-state index contributed by atoms with van der Waals surface area (Å²) in [7, 11) is 0. The second-order valence-electron chi connectivity index (χ2n) is 15.5. The highest BCUT2D eigenvalue weighted by atomic mass is 14.9. The third kappa shape index (κ3) is 5.05. The average molecular weight is 750 g/mol. The largest absolute Gasteiger partial charge is 0.264 e. The van der Waals surface area contributed by atoms with Crippen LogP contribution in [0, 0.1) is 0 Å². The Balaban J connectivity index is 1.14. The first kappa shape index (κ1) is 33.4. The van der Waals surface area contributed by atoms with Crippen LogP contribution in [0.1, 0.15) is 33.4 Å². The van der Waals surface area contributed by atoms with Crippen LogP contribution in [-0.4, -0.2) is 15.0 Å². The minimum absolute atomic E-state index is 0.624. The monoisotopic (exact) mass is 749 g/mol. The van der Waals surface area contributed by atoms with Crippen molar-refractivity contribution in [2.45, 2.75) is 5.41 Å². The van der Waals surface area contributed by atoms with Gasteiger partial charge in [0.15, 0.2) is 5.82 Å². The first-order valence-corrected chi connectivity index (χ1v) is 20.2. The van der Waals surface area contributed by atoms with E-state index in [1.165, 1.54) is 66.1 Å². The zero-order chi connectivity index (χ0) is 38.9. The molecule has 3 heteroatoms. The fourth-order valence-electron chi connectivity index (χ4n) is 9.85. The van der Waals surface area contributed by atoms with Crippen molar-refractivity contribution >= 4 is 33.7 Å². The summed E-state index contributed by atoms with van der Waals surface area (Å²) in [5, 5.41) is 5.10. The summed E-state index contributed by atoms with van der Waals surface area (Å²) in [4.78, 5) is 14.9. The third-order valence-electron chi connectivity index (χ3n) is 12.4. The first-order chi connectivity index (χ1) is 29.3. The highest BCUT2D eigenvalue weighted by Crippen LogP contribution is 2.62. The van der Waals surface area contributed by atoms with E-state index in [0.29, 0.717) is 5.82 Å². The van der Waals surface area contributed by atoms with Crippen LogP contribution in [0.25, 0.3) is 89.9 Å². The lowest BCUT2D eigenvalue weighted by Crippen LogP contribution is -2.30. The van der Waals surface area contributed by atoms with E-state index in [1.807, 2.05) is 18.3 Å². The Hall–Kier alpha value is -7.75. The standard InChI is InChI=1S/C56H35N3/c1-2-14-39(15-3-1)51-34-52(59-55(58-51)40-29-24-36(25-30-40)42-16-12-32-57-35-42)41-31-28-38-27-26-37-13-4-10-22-48(37)56(50(38)33-41)49-23-11-9-21-47(49)53-45-19-7-5-17-43(45)44-18-6-8-20-46(44)54(53)56/h1-35H.